The Kier molecular flexibility index (Phi) is 7.73. The number of aryl methyl sites for hydroxylation is 1. The van der Waals surface area contributed by atoms with E-state index < -0.39 is 18.7 Å². The van der Waals surface area contributed by atoms with Crippen molar-refractivity contribution < 1.29 is 28.5 Å². The van der Waals surface area contributed by atoms with Crippen molar-refractivity contribution in [2.75, 3.05) is 0 Å². The molecule has 8 atom stereocenters. The van der Waals surface area contributed by atoms with Gasteiger partial charge in [-0.2, -0.15) is 0 Å². The van der Waals surface area contributed by atoms with Gasteiger partial charge in [-0.3, -0.25) is 0 Å². The van der Waals surface area contributed by atoms with Crippen molar-refractivity contribution in [3.05, 3.63) is 54.1 Å². The molecule has 6 heteroatoms. The van der Waals surface area contributed by atoms with Crippen LogP contribution < -0.4 is 0 Å². The first kappa shape index (κ1) is 26.3. The molecule has 1 aromatic rings. The SMILES string of the molecule is C=C[C@@]12CCc3cc(O)ccc3[C@H]1[C@@H](CCC=CCC[C@H](O)C(F)C(F)F)C[C@@]1(C)[C@H]2CC[C@@H]1O. The van der Waals surface area contributed by atoms with Crippen LogP contribution in [0.3, 0.4) is 0 Å². The first-order valence-electron chi connectivity index (χ1n) is 13.0. The summed E-state index contributed by atoms with van der Waals surface area (Å²) in [4.78, 5) is 0. The van der Waals surface area contributed by atoms with Gasteiger partial charge in [0.2, 0.25) is 0 Å². The Balaban J connectivity index is 1.53. The third kappa shape index (κ3) is 4.69. The summed E-state index contributed by atoms with van der Waals surface area (Å²) in [6.45, 7) is 6.55. The van der Waals surface area contributed by atoms with Crippen LogP contribution in [-0.2, 0) is 6.42 Å². The zero-order valence-corrected chi connectivity index (χ0v) is 20.6. The molecule has 0 bridgehead atoms. The molecule has 0 saturated heterocycles. The maximum atomic E-state index is 13.2. The van der Waals surface area contributed by atoms with Crippen LogP contribution in [0.4, 0.5) is 13.2 Å². The van der Waals surface area contributed by atoms with Crippen LogP contribution in [0.25, 0.3) is 0 Å². The number of fused-ring (bicyclic) bond motifs is 5. The van der Waals surface area contributed by atoms with Crippen LogP contribution in [-0.4, -0.2) is 40.1 Å². The second kappa shape index (κ2) is 10.3. The molecule has 1 unspecified atom stereocenters. The molecule has 35 heavy (non-hydrogen) atoms. The lowest BCUT2D eigenvalue weighted by atomic mass is 9.44. The van der Waals surface area contributed by atoms with Gasteiger partial charge in [-0.15, -0.1) is 6.58 Å². The van der Waals surface area contributed by atoms with E-state index in [1.165, 1.54) is 11.1 Å². The number of alkyl halides is 3. The Labute approximate surface area is 206 Å². The van der Waals surface area contributed by atoms with Crippen LogP contribution in [0.2, 0.25) is 0 Å². The molecule has 3 aliphatic carbocycles. The molecule has 0 amide bonds. The smallest absolute Gasteiger partial charge is 0.271 e. The highest BCUT2D eigenvalue weighted by molar-refractivity contribution is 5.43. The van der Waals surface area contributed by atoms with Gasteiger partial charge in [0, 0.05) is 0 Å². The quantitative estimate of drug-likeness (QED) is 0.346. The monoisotopic (exact) mass is 492 g/mol. The van der Waals surface area contributed by atoms with Gasteiger partial charge >= 0.3 is 0 Å². The van der Waals surface area contributed by atoms with E-state index in [1.807, 2.05) is 18.2 Å². The van der Waals surface area contributed by atoms with Crippen molar-refractivity contribution in [1.29, 1.82) is 0 Å². The van der Waals surface area contributed by atoms with Crippen LogP contribution in [0.5, 0.6) is 5.75 Å². The molecule has 0 spiro atoms. The lowest BCUT2D eigenvalue weighted by Gasteiger charge is -2.60. The molecule has 4 rings (SSSR count). The number of aliphatic hydroxyl groups excluding tert-OH is 2. The fourth-order valence-corrected chi connectivity index (χ4v) is 7.83. The summed E-state index contributed by atoms with van der Waals surface area (Å²) in [5.74, 6) is 1.23. The number of phenolic OH excluding ortho intramolecular Hbond substituents is 1. The lowest BCUT2D eigenvalue weighted by Crippen LogP contribution is -2.54. The highest BCUT2D eigenvalue weighted by Gasteiger charge is 2.63. The fourth-order valence-electron chi connectivity index (χ4n) is 7.83. The first-order chi connectivity index (χ1) is 16.6. The van der Waals surface area contributed by atoms with Gasteiger partial charge < -0.3 is 15.3 Å². The van der Waals surface area contributed by atoms with Gasteiger partial charge in [0.15, 0.2) is 6.17 Å². The molecule has 2 saturated carbocycles. The summed E-state index contributed by atoms with van der Waals surface area (Å²) in [7, 11) is 0. The third-order valence-electron chi connectivity index (χ3n) is 9.46. The zero-order chi connectivity index (χ0) is 25.4. The van der Waals surface area contributed by atoms with Crippen LogP contribution in [0.1, 0.15) is 75.3 Å². The number of hydrogen-bond acceptors (Lipinski definition) is 3. The van der Waals surface area contributed by atoms with Crippen molar-refractivity contribution in [2.45, 2.75) is 95.4 Å². The molecule has 3 nitrogen and oxygen atoms in total. The molecular formula is C29H39F3O3. The van der Waals surface area contributed by atoms with Crippen molar-refractivity contribution in [2.24, 2.45) is 22.7 Å². The van der Waals surface area contributed by atoms with Crippen LogP contribution in [0.15, 0.2) is 43.0 Å². The Morgan fingerprint density at radius 1 is 1.17 bits per heavy atom. The van der Waals surface area contributed by atoms with E-state index in [2.05, 4.69) is 25.6 Å². The second-order valence-corrected chi connectivity index (χ2v) is 11.3. The fraction of sp³-hybridized carbons (Fsp3) is 0.655. The zero-order valence-electron chi connectivity index (χ0n) is 20.6. The highest BCUT2D eigenvalue weighted by atomic mass is 19.3. The average molecular weight is 493 g/mol. The largest absolute Gasteiger partial charge is 0.508 e. The topological polar surface area (TPSA) is 60.7 Å². The summed E-state index contributed by atoms with van der Waals surface area (Å²) in [5.41, 5.74) is 2.22. The second-order valence-electron chi connectivity index (χ2n) is 11.3. The van der Waals surface area contributed by atoms with Crippen molar-refractivity contribution >= 4 is 0 Å². The first-order valence-corrected chi connectivity index (χ1v) is 13.0. The molecular weight excluding hydrogens is 453 g/mol. The number of aromatic hydroxyl groups is 1. The van der Waals surface area contributed by atoms with E-state index >= 15 is 0 Å². The Hall–Kier alpha value is -1.79. The summed E-state index contributed by atoms with van der Waals surface area (Å²) in [6.07, 6.45) is 4.93. The minimum atomic E-state index is -3.16. The van der Waals surface area contributed by atoms with Crippen LogP contribution in [0, 0.1) is 22.7 Å². The number of halogens is 3. The summed E-state index contributed by atoms with van der Waals surface area (Å²) < 4.78 is 38.0. The molecule has 3 N–H and O–H groups in total. The Morgan fingerprint density at radius 3 is 2.63 bits per heavy atom. The normalized spacial score (nSPS) is 36.0. The number of phenols is 1. The molecule has 0 aliphatic heterocycles. The van der Waals surface area contributed by atoms with Gasteiger partial charge in [-0.1, -0.05) is 31.2 Å². The molecule has 0 radical (unpaired) electrons. The number of rotatable bonds is 9. The van der Waals surface area contributed by atoms with Crippen molar-refractivity contribution in [3.8, 4) is 5.75 Å². The summed E-state index contributed by atoms with van der Waals surface area (Å²) in [5, 5.41) is 30.6. The predicted octanol–water partition coefficient (Wildman–Crippen LogP) is 6.47. The van der Waals surface area contributed by atoms with Gasteiger partial charge in [0.1, 0.15) is 5.75 Å². The Bertz CT molecular complexity index is 934. The van der Waals surface area contributed by atoms with E-state index in [-0.39, 0.29) is 35.0 Å². The number of hydrogen-bond donors (Lipinski definition) is 3. The Morgan fingerprint density at radius 2 is 1.91 bits per heavy atom. The molecule has 3 aliphatic rings. The standard InChI is InChI=1S/C29H39F3O3/c1-3-29-15-14-18-16-20(33)10-11-21(18)25(29)19(17-28(2)23(29)12-13-24(28)35)8-6-4-5-7-9-22(34)26(30)27(31)32/h3-5,10-11,16,19,22-27,33-35H,1,6-9,12-15,17H2,2H3/t19-,22-,23+,24-,25+,26?,28-,29-/m0/s1. The highest BCUT2D eigenvalue weighted by Crippen LogP contribution is 2.69. The van der Waals surface area contributed by atoms with Gasteiger partial charge in [0.05, 0.1) is 12.2 Å². The van der Waals surface area contributed by atoms with E-state index in [4.69, 9.17) is 0 Å². The van der Waals surface area contributed by atoms with Crippen LogP contribution >= 0.6 is 0 Å². The average Bonchev–Trinajstić information content (AvgIpc) is 3.14. The van der Waals surface area contributed by atoms with Crippen molar-refractivity contribution in [3.63, 3.8) is 0 Å². The maximum absolute atomic E-state index is 13.2. The third-order valence-corrected chi connectivity index (χ3v) is 9.46. The van der Waals surface area contributed by atoms with Gasteiger partial charge in [-0.25, -0.2) is 13.2 Å². The molecule has 1 aromatic carbocycles. The summed E-state index contributed by atoms with van der Waals surface area (Å²) in [6, 6.07) is 5.73. The number of benzene rings is 1. The number of aliphatic hydroxyl groups is 2. The molecule has 0 aromatic heterocycles. The van der Waals surface area contributed by atoms with Gasteiger partial charge in [-0.05, 0) is 110 Å². The van der Waals surface area contributed by atoms with Gasteiger partial charge in [0.25, 0.3) is 6.43 Å². The molecule has 194 valence electrons. The molecule has 2 fully saturated rings. The van der Waals surface area contributed by atoms with E-state index in [0.717, 1.165) is 44.9 Å². The number of allylic oxidation sites excluding steroid dienone is 3. The summed E-state index contributed by atoms with van der Waals surface area (Å²) >= 11 is 0. The minimum absolute atomic E-state index is 0.0313. The van der Waals surface area contributed by atoms with Crippen molar-refractivity contribution in [1.82, 2.24) is 0 Å². The van der Waals surface area contributed by atoms with E-state index in [1.54, 1.807) is 6.07 Å². The molecule has 0 heterocycles. The van der Waals surface area contributed by atoms with E-state index in [0.29, 0.717) is 18.3 Å². The maximum Gasteiger partial charge on any atom is 0.271 e. The lowest BCUT2D eigenvalue weighted by molar-refractivity contribution is -0.0806. The minimum Gasteiger partial charge on any atom is -0.508 e. The van der Waals surface area contributed by atoms with E-state index in [9.17, 15) is 28.5 Å². The predicted molar refractivity (Wildman–Crippen MR) is 131 cm³/mol.